The lowest BCUT2D eigenvalue weighted by Gasteiger charge is -2.36. The number of aliphatic carboxylic acids is 1. The Hall–Kier alpha value is -2.42. The fourth-order valence-electron chi connectivity index (χ4n) is 5.05. The van der Waals surface area contributed by atoms with Crippen LogP contribution in [0.25, 0.3) is 11.3 Å². The SMILES string of the molecule is CC(F)(F)c1ccccc1-c1ccnn1C1CCCC1.CCCC(C(=O)O)N1CCCC(F)(F)C1. The monoisotopic (exact) mass is 497 g/mol. The minimum absolute atomic E-state index is 0.0692. The third kappa shape index (κ3) is 7.06. The van der Waals surface area contributed by atoms with Crippen LogP contribution >= 0.6 is 0 Å². The van der Waals surface area contributed by atoms with Crippen LogP contribution in [-0.4, -0.2) is 50.8 Å². The largest absolute Gasteiger partial charge is 0.480 e. The van der Waals surface area contributed by atoms with Gasteiger partial charge in [-0.2, -0.15) is 5.10 Å². The van der Waals surface area contributed by atoms with Crippen LogP contribution in [0.3, 0.4) is 0 Å². The molecule has 9 heteroatoms. The van der Waals surface area contributed by atoms with Gasteiger partial charge in [-0.1, -0.05) is 50.5 Å². The van der Waals surface area contributed by atoms with Gasteiger partial charge in [0.2, 0.25) is 0 Å². The topological polar surface area (TPSA) is 58.4 Å². The zero-order valence-electron chi connectivity index (χ0n) is 20.4. The van der Waals surface area contributed by atoms with E-state index in [9.17, 15) is 22.4 Å². The number of hydrogen-bond acceptors (Lipinski definition) is 3. The van der Waals surface area contributed by atoms with Crippen molar-refractivity contribution >= 4 is 5.97 Å². The molecule has 2 fully saturated rings. The van der Waals surface area contributed by atoms with Crippen molar-refractivity contribution in [2.45, 2.75) is 89.1 Å². The van der Waals surface area contributed by atoms with E-state index in [1.165, 1.54) is 23.8 Å². The van der Waals surface area contributed by atoms with E-state index < -0.39 is 30.4 Å². The second-order valence-electron chi connectivity index (χ2n) is 9.61. The Labute approximate surface area is 204 Å². The van der Waals surface area contributed by atoms with E-state index in [1.54, 1.807) is 24.4 Å². The Morgan fingerprint density at radius 3 is 2.49 bits per heavy atom. The van der Waals surface area contributed by atoms with E-state index in [4.69, 9.17) is 5.11 Å². The average molecular weight is 498 g/mol. The third-order valence-electron chi connectivity index (χ3n) is 6.73. The van der Waals surface area contributed by atoms with Gasteiger partial charge in [-0.25, -0.2) is 17.6 Å². The summed E-state index contributed by atoms with van der Waals surface area (Å²) in [6.45, 7) is 2.86. The van der Waals surface area contributed by atoms with Crippen LogP contribution in [0.1, 0.15) is 76.8 Å². The molecule has 4 rings (SSSR count). The summed E-state index contributed by atoms with van der Waals surface area (Å²) >= 11 is 0. The first-order valence-electron chi connectivity index (χ1n) is 12.4. The molecule has 0 radical (unpaired) electrons. The molecule has 2 aliphatic rings. The molecule has 1 N–H and O–H groups in total. The van der Waals surface area contributed by atoms with Crippen LogP contribution in [0.4, 0.5) is 17.6 Å². The van der Waals surface area contributed by atoms with Crippen molar-refractivity contribution in [3.8, 4) is 11.3 Å². The molecule has 0 bridgehead atoms. The summed E-state index contributed by atoms with van der Waals surface area (Å²) in [6.07, 6.45) is 7.63. The minimum atomic E-state index is -2.85. The summed E-state index contributed by atoms with van der Waals surface area (Å²) in [5.41, 5.74) is 1.46. The molecule has 1 aromatic carbocycles. The van der Waals surface area contributed by atoms with Gasteiger partial charge in [-0.15, -0.1) is 0 Å². The Morgan fingerprint density at radius 2 is 1.89 bits per heavy atom. The predicted molar refractivity (Wildman–Crippen MR) is 127 cm³/mol. The molecular weight excluding hydrogens is 462 g/mol. The standard InChI is InChI=1S/C16H18F2N2.C10H17F2NO2/c1-16(17,18)14-9-5-4-8-13(14)15-10-11-19-20(15)12-6-2-3-7-12;1-2-4-8(9(14)15)13-6-3-5-10(11,12)7-13/h4-5,8-12H,2-3,6-7H2,1H3;8H,2-7H2,1H3,(H,14,15). The quantitative estimate of drug-likeness (QED) is 0.430. The lowest BCUT2D eigenvalue weighted by molar-refractivity contribution is -0.148. The smallest absolute Gasteiger partial charge is 0.320 e. The highest BCUT2D eigenvalue weighted by molar-refractivity contribution is 5.73. The number of rotatable bonds is 7. The highest BCUT2D eigenvalue weighted by atomic mass is 19.3. The van der Waals surface area contributed by atoms with Gasteiger partial charge >= 0.3 is 5.97 Å². The predicted octanol–water partition coefficient (Wildman–Crippen LogP) is 6.75. The molecule has 1 aliphatic heterocycles. The minimum Gasteiger partial charge on any atom is -0.480 e. The molecule has 2 aromatic rings. The van der Waals surface area contributed by atoms with E-state index in [0.717, 1.165) is 25.5 Å². The van der Waals surface area contributed by atoms with Crippen molar-refractivity contribution in [3.05, 3.63) is 42.1 Å². The fourth-order valence-corrected chi connectivity index (χ4v) is 5.05. The number of carboxylic acids is 1. The van der Waals surface area contributed by atoms with E-state index in [-0.39, 0.29) is 12.0 Å². The first-order chi connectivity index (χ1) is 16.5. The van der Waals surface area contributed by atoms with Crippen LogP contribution in [0.5, 0.6) is 0 Å². The van der Waals surface area contributed by atoms with Crippen LogP contribution < -0.4 is 0 Å². The molecule has 194 valence electrons. The molecule has 5 nitrogen and oxygen atoms in total. The molecule has 1 unspecified atom stereocenters. The van der Waals surface area contributed by atoms with Gasteiger partial charge in [0, 0.05) is 30.7 Å². The number of hydrogen-bond donors (Lipinski definition) is 1. The number of nitrogens with zero attached hydrogens (tertiary/aromatic N) is 3. The highest BCUT2D eigenvalue weighted by Gasteiger charge is 2.39. The zero-order chi connectivity index (χ0) is 25.6. The van der Waals surface area contributed by atoms with Crippen LogP contribution in [-0.2, 0) is 10.7 Å². The summed E-state index contributed by atoms with van der Waals surface area (Å²) < 4.78 is 55.7. The first kappa shape index (κ1) is 27.2. The maximum absolute atomic E-state index is 13.8. The number of halogens is 4. The van der Waals surface area contributed by atoms with Crippen LogP contribution in [0, 0.1) is 0 Å². The van der Waals surface area contributed by atoms with Crippen molar-refractivity contribution in [1.29, 1.82) is 0 Å². The van der Waals surface area contributed by atoms with Crippen molar-refractivity contribution < 1.29 is 27.5 Å². The molecule has 1 atom stereocenters. The summed E-state index contributed by atoms with van der Waals surface area (Å²) in [5.74, 6) is -6.56. The van der Waals surface area contributed by atoms with Gasteiger partial charge < -0.3 is 5.11 Å². The van der Waals surface area contributed by atoms with E-state index in [2.05, 4.69) is 5.10 Å². The molecule has 1 aliphatic carbocycles. The lowest BCUT2D eigenvalue weighted by Crippen LogP contribution is -2.50. The zero-order valence-corrected chi connectivity index (χ0v) is 20.4. The van der Waals surface area contributed by atoms with E-state index in [0.29, 0.717) is 37.4 Å². The van der Waals surface area contributed by atoms with E-state index in [1.807, 2.05) is 17.7 Å². The van der Waals surface area contributed by atoms with Gasteiger partial charge in [0.15, 0.2) is 0 Å². The second kappa shape index (κ2) is 11.5. The number of carboxylic acid groups (broad SMARTS) is 1. The summed E-state index contributed by atoms with van der Waals surface area (Å²) in [7, 11) is 0. The van der Waals surface area contributed by atoms with Crippen molar-refractivity contribution in [3.63, 3.8) is 0 Å². The summed E-state index contributed by atoms with van der Waals surface area (Å²) in [5, 5.41) is 13.3. The Bertz CT molecular complexity index is 968. The van der Waals surface area contributed by atoms with Gasteiger partial charge in [0.05, 0.1) is 18.3 Å². The van der Waals surface area contributed by atoms with Crippen molar-refractivity contribution in [2.75, 3.05) is 13.1 Å². The Morgan fingerprint density at radius 1 is 1.20 bits per heavy atom. The van der Waals surface area contributed by atoms with Gasteiger partial charge in [-0.05, 0) is 38.3 Å². The van der Waals surface area contributed by atoms with Gasteiger partial charge in [0.1, 0.15) is 6.04 Å². The van der Waals surface area contributed by atoms with Gasteiger partial charge in [0.25, 0.3) is 11.8 Å². The number of benzene rings is 1. The Balaban J connectivity index is 0.000000205. The summed E-state index contributed by atoms with van der Waals surface area (Å²) in [4.78, 5) is 12.3. The number of piperidine rings is 1. The molecule has 0 amide bonds. The fraction of sp³-hybridized carbons (Fsp3) is 0.615. The number of carbonyl (C=O) groups is 1. The van der Waals surface area contributed by atoms with Crippen molar-refractivity contribution in [1.82, 2.24) is 14.7 Å². The third-order valence-corrected chi connectivity index (χ3v) is 6.73. The molecule has 2 heterocycles. The molecular formula is C26H35F4N3O2. The van der Waals surface area contributed by atoms with Crippen LogP contribution in [0.15, 0.2) is 36.5 Å². The number of likely N-dealkylation sites (tertiary alicyclic amines) is 1. The maximum atomic E-state index is 13.8. The maximum Gasteiger partial charge on any atom is 0.320 e. The first-order valence-corrected chi connectivity index (χ1v) is 12.4. The molecule has 1 aromatic heterocycles. The lowest BCUT2D eigenvalue weighted by atomic mass is 9.99. The summed E-state index contributed by atoms with van der Waals surface area (Å²) in [6, 6.07) is 8.15. The molecule has 0 spiro atoms. The number of aromatic nitrogens is 2. The molecule has 1 saturated carbocycles. The second-order valence-corrected chi connectivity index (χ2v) is 9.61. The van der Waals surface area contributed by atoms with Gasteiger partial charge in [-0.3, -0.25) is 14.4 Å². The van der Waals surface area contributed by atoms with Crippen molar-refractivity contribution in [2.24, 2.45) is 0 Å². The normalized spacial score (nSPS) is 19.7. The van der Waals surface area contributed by atoms with Crippen LogP contribution in [0.2, 0.25) is 0 Å². The molecule has 1 saturated heterocycles. The molecule has 35 heavy (non-hydrogen) atoms. The average Bonchev–Trinajstić information content (AvgIpc) is 3.48. The van der Waals surface area contributed by atoms with E-state index >= 15 is 0 Å². The number of alkyl halides is 4. The highest BCUT2D eigenvalue weighted by Crippen LogP contribution is 2.38. The Kier molecular flexibility index (Phi) is 8.96.